The summed E-state index contributed by atoms with van der Waals surface area (Å²) in [5.41, 5.74) is 0.0653. The number of aliphatic imine (C=N–C) groups is 1. The number of guanidine groups is 1. The molecule has 29 heavy (non-hydrogen) atoms. The SMILES string of the molecule is CCNC(=NCc1cc(Cl)cc(Cl)c1OC(F)F)NCC1(CO)CCOCC1.I. The number of alkyl halides is 2. The maximum atomic E-state index is 12.7. The Morgan fingerprint density at radius 1 is 1.31 bits per heavy atom. The highest BCUT2D eigenvalue weighted by Crippen LogP contribution is 2.34. The highest BCUT2D eigenvalue weighted by molar-refractivity contribution is 14.0. The molecule has 1 saturated heterocycles. The monoisotopic (exact) mass is 567 g/mol. The van der Waals surface area contributed by atoms with Crippen molar-refractivity contribution in [2.75, 3.05) is 32.9 Å². The van der Waals surface area contributed by atoms with E-state index >= 15 is 0 Å². The van der Waals surface area contributed by atoms with E-state index in [-0.39, 0.29) is 53.3 Å². The largest absolute Gasteiger partial charge is 0.433 e. The van der Waals surface area contributed by atoms with Crippen LogP contribution in [0.2, 0.25) is 10.0 Å². The molecule has 0 saturated carbocycles. The molecule has 0 aliphatic carbocycles. The third-order valence-electron chi connectivity index (χ3n) is 4.56. The van der Waals surface area contributed by atoms with Gasteiger partial charge in [-0.25, -0.2) is 4.99 Å². The lowest BCUT2D eigenvalue weighted by Gasteiger charge is -2.36. The minimum atomic E-state index is -3.01. The van der Waals surface area contributed by atoms with Crippen LogP contribution in [0.25, 0.3) is 0 Å². The van der Waals surface area contributed by atoms with Crippen LogP contribution in [-0.2, 0) is 11.3 Å². The van der Waals surface area contributed by atoms with Gasteiger partial charge in [0, 0.05) is 42.3 Å². The van der Waals surface area contributed by atoms with E-state index in [0.717, 1.165) is 12.8 Å². The Kier molecular flexibility index (Phi) is 11.8. The van der Waals surface area contributed by atoms with Crippen LogP contribution < -0.4 is 15.4 Å². The molecule has 2 rings (SSSR count). The van der Waals surface area contributed by atoms with Gasteiger partial charge in [-0.1, -0.05) is 23.2 Å². The fourth-order valence-corrected chi connectivity index (χ4v) is 3.50. The number of ether oxygens (including phenoxy) is 2. The molecule has 6 nitrogen and oxygen atoms in total. The summed E-state index contributed by atoms with van der Waals surface area (Å²) in [5, 5.41) is 16.4. The summed E-state index contributed by atoms with van der Waals surface area (Å²) in [5.74, 6) is 0.345. The van der Waals surface area contributed by atoms with Gasteiger partial charge in [0.05, 0.1) is 18.2 Å². The molecule has 1 fully saturated rings. The van der Waals surface area contributed by atoms with Crippen LogP contribution in [0.1, 0.15) is 25.3 Å². The summed E-state index contributed by atoms with van der Waals surface area (Å²) >= 11 is 12.0. The van der Waals surface area contributed by atoms with Gasteiger partial charge in [0.1, 0.15) is 5.75 Å². The van der Waals surface area contributed by atoms with E-state index in [2.05, 4.69) is 20.4 Å². The van der Waals surface area contributed by atoms with Crippen LogP contribution in [-0.4, -0.2) is 50.6 Å². The quantitative estimate of drug-likeness (QED) is 0.251. The van der Waals surface area contributed by atoms with Crippen LogP contribution in [0.4, 0.5) is 8.78 Å². The molecule has 0 spiro atoms. The van der Waals surface area contributed by atoms with Crippen molar-refractivity contribution < 1.29 is 23.4 Å². The fourth-order valence-electron chi connectivity index (χ4n) is 2.92. The zero-order chi connectivity index (χ0) is 20.6. The van der Waals surface area contributed by atoms with Gasteiger partial charge in [-0.15, -0.1) is 24.0 Å². The Labute approximate surface area is 196 Å². The zero-order valence-corrected chi connectivity index (χ0v) is 19.9. The molecule has 0 radical (unpaired) electrons. The van der Waals surface area contributed by atoms with Crippen molar-refractivity contribution >= 4 is 53.1 Å². The predicted octanol–water partition coefficient (Wildman–Crippen LogP) is 4.06. The topological polar surface area (TPSA) is 75.1 Å². The highest BCUT2D eigenvalue weighted by atomic mass is 127. The van der Waals surface area contributed by atoms with Gasteiger partial charge in [-0.3, -0.25) is 0 Å². The molecule has 1 aliphatic rings. The molecule has 0 amide bonds. The average Bonchev–Trinajstić information content (AvgIpc) is 2.67. The number of rotatable bonds is 8. The van der Waals surface area contributed by atoms with Crippen molar-refractivity contribution in [1.29, 1.82) is 0 Å². The van der Waals surface area contributed by atoms with Crippen molar-refractivity contribution in [1.82, 2.24) is 10.6 Å². The summed E-state index contributed by atoms with van der Waals surface area (Å²) in [6, 6.07) is 2.83. The standard InChI is InChI=1S/C18H25Cl2F2N3O3.HI/c1-2-23-17(25-10-18(11-26)3-5-27-6-4-18)24-9-12-7-13(19)8-14(20)15(12)28-16(21)22;/h7-8,16,26H,2-6,9-11H2,1H3,(H2,23,24,25);1H. The molecular formula is C18H26Cl2F2IN3O3. The molecule has 11 heteroatoms. The Hall–Kier alpha value is -0.620. The van der Waals surface area contributed by atoms with E-state index in [0.29, 0.717) is 42.8 Å². The number of hydrogen-bond donors (Lipinski definition) is 3. The van der Waals surface area contributed by atoms with Gasteiger partial charge in [-0.05, 0) is 31.9 Å². The molecule has 0 bridgehead atoms. The lowest BCUT2D eigenvalue weighted by Crippen LogP contribution is -2.47. The summed E-state index contributed by atoms with van der Waals surface area (Å²) in [4.78, 5) is 4.42. The molecule has 0 unspecified atom stereocenters. The maximum absolute atomic E-state index is 12.7. The molecule has 3 N–H and O–H groups in total. The Balaban J connectivity index is 0.00000420. The van der Waals surface area contributed by atoms with Crippen LogP contribution in [0.5, 0.6) is 5.75 Å². The number of aliphatic hydroxyl groups is 1. The van der Waals surface area contributed by atoms with Gasteiger partial charge in [-0.2, -0.15) is 8.78 Å². The highest BCUT2D eigenvalue weighted by Gasteiger charge is 2.32. The lowest BCUT2D eigenvalue weighted by molar-refractivity contribution is -0.0503. The van der Waals surface area contributed by atoms with Gasteiger partial charge in [0.25, 0.3) is 0 Å². The zero-order valence-electron chi connectivity index (χ0n) is 16.0. The summed E-state index contributed by atoms with van der Waals surface area (Å²) in [6.45, 7) is 1.30. The minimum Gasteiger partial charge on any atom is -0.433 e. The Bertz CT molecular complexity index is 678. The Morgan fingerprint density at radius 2 is 2.00 bits per heavy atom. The first-order valence-electron chi connectivity index (χ1n) is 9.02. The van der Waals surface area contributed by atoms with Gasteiger partial charge in [0.2, 0.25) is 0 Å². The van der Waals surface area contributed by atoms with Crippen LogP contribution >= 0.6 is 47.2 Å². The van der Waals surface area contributed by atoms with Crippen molar-refractivity contribution in [3.8, 4) is 5.75 Å². The second-order valence-electron chi connectivity index (χ2n) is 6.57. The molecule has 0 aromatic heterocycles. The summed E-state index contributed by atoms with van der Waals surface area (Å²) in [7, 11) is 0. The second-order valence-corrected chi connectivity index (χ2v) is 7.42. The first kappa shape index (κ1) is 26.4. The molecule has 1 aliphatic heterocycles. The molecule has 1 aromatic rings. The number of nitrogens with zero attached hydrogens (tertiary/aromatic N) is 1. The molecule has 166 valence electrons. The van der Waals surface area contributed by atoms with E-state index in [1.165, 1.54) is 12.1 Å². The normalized spacial score (nSPS) is 16.3. The van der Waals surface area contributed by atoms with Crippen LogP contribution in [0, 0.1) is 5.41 Å². The molecule has 0 atom stereocenters. The molecule has 1 heterocycles. The third kappa shape index (κ3) is 8.20. The van der Waals surface area contributed by atoms with Crippen LogP contribution in [0.15, 0.2) is 17.1 Å². The van der Waals surface area contributed by atoms with E-state index in [1.807, 2.05) is 6.92 Å². The van der Waals surface area contributed by atoms with Gasteiger partial charge < -0.3 is 25.2 Å². The van der Waals surface area contributed by atoms with Crippen molar-refractivity contribution in [2.45, 2.75) is 32.9 Å². The van der Waals surface area contributed by atoms with Crippen LogP contribution in [0.3, 0.4) is 0 Å². The number of halogens is 5. The van der Waals surface area contributed by atoms with Gasteiger partial charge >= 0.3 is 6.61 Å². The minimum absolute atomic E-state index is 0. The average molecular weight is 568 g/mol. The number of nitrogens with one attached hydrogen (secondary N) is 2. The number of aliphatic hydroxyl groups excluding tert-OH is 1. The third-order valence-corrected chi connectivity index (χ3v) is 5.06. The fraction of sp³-hybridized carbons (Fsp3) is 0.611. The Morgan fingerprint density at radius 3 is 2.59 bits per heavy atom. The molecule has 1 aromatic carbocycles. The van der Waals surface area contributed by atoms with Crippen molar-refractivity contribution in [3.63, 3.8) is 0 Å². The second kappa shape index (κ2) is 12.9. The molecular weight excluding hydrogens is 542 g/mol. The predicted molar refractivity (Wildman–Crippen MR) is 121 cm³/mol. The summed E-state index contributed by atoms with van der Waals surface area (Å²) in [6.07, 6.45) is 1.48. The van der Waals surface area contributed by atoms with E-state index in [1.54, 1.807) is 0 Å². The lowest BCUT2D eigenvalue weighted by atomic mass is 9.81. The maximum Gasteiger partial charge on any atom is 0.387 e. The van der Waals surface area contributed by atoms with Crippen molar-refractivity contribution in [2.24, 2.45) is 10.4 Å². The number of benzene rings is 1. The first-order valence-corrected chi connectivity index (χ1v) is 9.78. The van der Waals surface area contributed by atoms with Crippen molar-refractivity contribution in [3.05, 3.63) is 27.7 Å². The van der Waals surface area contributed by atoms with Gasteiger partial charge in [0.15, 0.2) is 5.96 Å². The smallest absolute Gasteiger partial charge is 0.387 e. The first-order chi connectivity index (χ1) is 13.4. The summed E-state index contributed by atoms with van der Waals surface area (Å²) < 4.78 is 35.3. The van der Waals surface area contributed by atoms with E-state index < -0.39 is 6.61 Å². The van der Waals surface area contributed by atoms with E-state index in [4.69, 9.17) is 27.9 Å². The number of hydrogen-bond acceptors (Lipinski definition) is 4. The van der Waals surface area contributed by atoms with E-state index in [9.17, 15) is 13.9 Å².